The molecule has 3 aromatic rings. The Bertz CT molecular complexity index is 1010. The smallest absolute Gasteiger partial charge is 0.316 e. The molecule has 4 N–H and O–H groups in total. The highest BCUT2D eigenvalue weighted by Crippen LogP contribution is 2.27. The average molecular weight is 405 g/mol. The Balaban J connectivity index is 1.92. The van der Waals surface area contributed by atoms with Crippen molar-refractivity contribution in [3.63, 3.8) is 0 Å². The standard InChI is InChI=1S/C18H21F2N7O2/c1-10(21)7-22-13-4-3-11(16-12(13)8-23-18(25-16)29-2)17(28)24-15-5-6-27(26-15)9-14(19)20/h3-6,8,10,14,22H,7,9,21H2,1-2H3,(H,24,26,28)/t10-/m1/s1. The Labute approximate surface area is 165 Å². The molecule has 0 aliphatic carbocycles. The average Bonchev–Trinajstić information content (AvgIpc) is 3.11. The van der Waals surface area contributed by atoms with Crippen LogP contribution in [0.25, 0.3) is 10.9 Å². The van der Waals surface area contributed by atoms with Crippen LogP contribution in [-0.4, -0.2) is 51.8 Å². The lowest BCUT2D eigenvalue weighted by Crippen LogP contribution is -2.25. The summed E-state index contributed by atoms with van der Waals surface area (Å²) >= 11 is 0. The van der Waals surface area contributed by atoms with E-state index in [2.05, 4.69) is 25.7 Å². The van der Waals surface area contributed by atoms with Crippen LogP contribution in [0.4, 0.5) is 20.3 Å². The lowest BCUT2D eigenvalue weighted by atomic mass is 10.1. The first kappa shape index (κ1) is 20.4. The number of alkyl halides is 2. The van der Waals surface area contributed by atoms with Gasteiger partial charge >= 0.3 is 6.01 Å². The van der Waals surface area contributed by atoms with Gasteiger partial charge in [0, 0.05) is 42.1 Å². The van der Waals surface area contributed by atoms with Crippen LogP contribution in [0.1, 0.15) is 17.3 Å². The summed E-state index contributed by atoms with van der Waals surface area (Å²) in [6.07, 6.45) is 0.383. The number of nitrogens with zero attached hydrogens (tertiary/aromatic N) is 4. The lowest BCUT2D eigenvalue weighted by molar-refractivity contribution is 0.102. The van der Waals surface area contributed by atoms with Crippen molar-refractivity contribution in [1.82, 2.24) is 19.7 Å². The van der Waals surface area contributed by atoms with Crippen LogP contribution in [-0.2, 0) is 6.54 Å². The van der Waals surface area contributed by atoms with Crippen molar-refractivity contribution >= 4 is 28.3 Å². The van der Waals surface area contributed by atoms with Crippen molar-refractivity contribution in [3.8, 4) is 6.01 Å². The predicted molar refractivity (Wildman–Crippen MR) is 104 cm³/mol. The van der Waals surface area contributed by atoms with E-state index in [0.29, 0.717) is 17.4 Å². The maximum Gasteiger partial charge on any atom is 0.316 e. The third-order valence-electron chi connectivity index (χ3n) is 3.98. The van der Waals surface area contributed by atoms with Gasteiger partial charge in [0.2, 0.25) is 0 Å². The highest BCUT2D eigenvalue weighted by molar-refractivity contribution is 6.13. The molecule has 29 heavy (non-hydrogen) atoms. The van der Waals surface area contributed by atoms with Gasteiger partial charge in [0.15, 0.2) is 5.82 Å². The second kappa shape index (κ2) is 8.78. The molecule has 1 amide bonds. The normalized spacial score (nSPS) is 12.2. The summed E-state index contributed by atoms with van der Waals surface area (Å²) in [4.78, 5) is 21.2. The number of anilines is 2. The number of hydrogen-bond acceptors (Lipinski definition) is 7. The first-order chi connectivity index (χ1) is 13.9. The molecule has 2 aromatic heterocycles. The molecule has 0 fully saturated rings. The van der Waals surface area contributed by atoms with Gasteiger partial charge in [0.1, 0.15) is 6.54 Å². The van der Waals surface area contributed by atoms with Crippen LogP contribution in [0.15, 0.2) is 30.6 Å². The second-order valence-corrected chi connectivity index (χ2v) is 6.41. The number of benzene rings is 1. The fourth-order valence-corrected chi connectivity index (χ4v) is 2.67. The van der Waals surface area contributed by atoms with Crippen LogP contribution >= 0.6 is 0 Å². The molecule has 1 atom stereocenters. The summed E-state index contributed by atoms with van der Waals surface area (Å²) in [7, 11) is 1.43. The first-order valence-corrected chi connectivity index (χ1v) is 8.83. The van der Waals surface area contributed by atoms with Crippen molar-refractivity contribution in [1.29, 1.82) is 0 Å². The number of halogens is 2. The number of nitrogens with two attached hydrogens (primary N) is 1. The first-order valence-electron chi connectivity index (χ1n) is 8.83. The maximum absolute atomic E-state index is 12.8. The number of fused-ring (bicyclic) bond motifs is 1. The molecule has 9 nitrogen and oxygen atoms in total. The molecule has 11 heteroatoms. The third-order valence-corrected chi connectivity index (χ3v) is 3.98. The van der Waals surface area contributed by atoms with Crippen molar-refractivity contribution in [2.24, 2.45) is 5.73 Å². The van der Waals surface area contributed by atoms with Crippen LogP contribution in [0, 0.1) is 0 Å². The number of ether oxygens (including phenoxy) is 1. The number of hydrogen-bond donors (Lipinski definition) is 3. The predicted octanol–water partition coefficient (Wildman–Crippen LogP) is 2.11. The summed E-state index contributed by atoms with van der Waals surface area (Å²) in [6, 6.07) is 4.80. The van der Waals surface area contributed by atoms with Gasteiger partial charge in [0.05, 0.1) is 18.2 Å². The number of rotatable bonds is 8. The van der Waals surface area contributed by atoms with Crippen molar-refractivity contribution in [2.75, 3.05) is 24.3 Å². The summed E-state index contributed by atoms with van der Waals surface area (Å²) < 4.78 is 31.1. The highest BCUT2D eigenvalue weighted by atomic mass is 19.3. The van der Waals surface area contributed by atoms with E-state index in [-0.39, 0.29) is 23.4 Å². The fraction of sp³-hybridized carbons (Fsp3) is 0.333. The number of carbonyl (C=O) groups is 1. The number of amides is 1. The van der Waals surface area contributed by atoms with Crippen molar-refractivity contribution < 1.29 is 18.3 Å². The topological polar surface area (TPSA) is 120 Å². The fourth-order valence-electron chi connectivity index (χ4n) is 2.67. The molecule has 154 valence electrons. The number of nitrogens with one attached hydrogen (secondary N) is 2. The van der Waals surface area contributed by atoms with Gasteiger partial charge in [-0.2, -0.15) is 10.1 Å². The molecule has 0 unspecified atom stereocenters. The highest BCUT2D eigenvalue weighted by Gasteiger charge is 2.17. The largest absolute Gasteiger partial charge is 0.467 e. The van der Waals surface area contributed by atoms with Crippen LogP contribution in [0.2, 0.25) is 0 Å². The van der Waals surface area contributed by atoms with Crippen LogP contribution in [0.3, 0.4) is 0 Å². The van der Waals surface area contributed by atoms with E-state index < -0.39 is 18.9 Å². The van der Waals surface area contributed by atoms with Gasteiger partial charge in [-0.05, 0) is 19.1 Å². The lowest BCUT2D eigenvalue weighted by Gasteiger charge is -2.14. The third kappa shape index (κ3) is 4.93. The number of methoxy groups -OCH3 is 1. The van der Waals surface area contributed by atoms with Crippen LogP contribution < -0.4 is 21.1 Å². The molecule has 0 aliphatic heterocycles. The van der Waals surface area contributed by atoms with Crippen molar-refractivity contribution in [2.45, 2.75) is 25.9 Å². The Hall–Kier alpha value is -3.34. The van der Waals surface area contributed by atoms with Gasteiger partial charge in [0.25, 0.3) is 12.3 Å². The molecular weight excluding hydrogens is 384 g/mol. The minimum absolute atomic E-state index is 0.0736. The molecule has 2 heterocycles. The van der Waals surface area contributed by atoms with Crippen molar-refractivity contribution in [3.05, 3.63) is 36.2 Å². The monoisotopic (exact) mass is 405 g/mol. The second-order valence-electron chi connectivity index (χ2n) is 6.41. The van der Waals surface area contributed by atoms with Gasteiger partial charge in [-0.15, -0.1) is 0 Å². The van der Waals surface area contributed by atoms with E-state index in [0.717, 1.165) is 10.4 Å². The minimum Gasteiger partial charge on any atom is -0.467 e. The molecule has 0 bridgehead atoms. The Morgan fingerprint density at radius 1 is 1.34 bits per heavy atom. The Morgan fingerprint density at radius 3 is 2.83 bits per heavy atom. The zero-order valence-electron chi connectivity index (χ0n) is 15.9. The van der Waals surface area contributed by atoms with E-state index in [1.165, 1.54) is 19.4 Å². The minimum atomic E-state index is -2.54. The SMILES string of the molecule is COc1ncc2c(NC[C@@H](C)N)ccc(C(=O)Nc3ccn(CC(F)F)n3)c2n1. The summed E-state index contributed by atoms with van der Waals surface area (Å²) in [5.41, 5.74) is 7.14. The molecule has 0 radical (unpaired) electrons. The van der Waals surface area contributed by atoms with Crippen LogP contribution in [0.5, 0.6) is 6.01 Å². The van der Waals surface area contributed by atoms with Gasteiger partial charge in [-0.3, -0.25) is 9.48 Å². The molecule has 0 spiro atoms. The van der Waals surface area contributed by atoms with E-state index in [1.807, 2.05) is 6.92 Å². The van der Waals surface area contributed by atoms with E-state index in [4.69, 9.17) is 10.5 Å². The van der Waals surface area contributed by atoms with E-state index in [9.17, 15) is 13.6 Å². The van der Waals surface area contributed by atoms with E-state index in [1.54, 1.807) is 18.3 Å². The number of carbonyl (C=O) groups excluding carboxylic acids is 1. The van der Waals surface area contributed by atoms with E-state index >= 15 is 0 Å². The number of aromatic nitrogens is 4. The Kier molecular flexibility index (Phi) is 6.17. The van der Waals surface area contributed by atoms with Gasteiger partial charge in [-0.1, -0.05) is 0 Å². The summed E-state index contributed by atoms with van der Waals surface area (Å²) in [6.45, 7) is 1.83. The molecule has 3 rings (SSSR count). The molecule has 1 aromatic carbocycles. The molecular formula is C18H21F2N7O2. The molecule has 0 saturated heterocycles. The van der Waals surface area contributed by atoms with Gasteiger partial charge in [-0.25, -0.2) is 13.8 Å². The zero-order valence-corrected chi connectivity index (χ0v) is 15.9. The van der Waals surface area contributed by atoms with Gasteiger partial charge < -0.3 is 21.1 Å². The molecule has 0 aliphatic rings. The summed E-state index contributed by atoms with van der Waals surface area (Å²) in [5, 5.41) is 10.3. The molecule has 0 saturated carbocycles. The summed E-state index contributed by atoms with van der Waals surface area (Å²) in [5.74, 6) is -0.333. The quantitative estimate of drug-likeness (QED) is 0.525. The zero-order chi connectivity index (χ0) is 21.0. The Morgan fingerprint density at radius 2 is 2.14 bits per heavy atom. The maximum atomic E-state index is 12.8.